The minimum Gasteiger partial charge on any atom is -0.495 e. The normalized spacial score (nSPS) is 15.9. The van der Waals surface area contributed by atoms with Gasteiger partial charge in [0.2, 0.25) is 5.91 Å². The lowest BCUT2D eigenvalue weighted by molar-refractivity contribution is -0.129. The molecular weight excluding hydrogens is 438 g/mol. The highest BCUT2D eigenvalue weighted by Gasteiger charge is 2.24. The monoisotopic (exact) mass is 475 g/mol. The number of anilines is 1. The number of allylic oxidation sites excluding steroid dienone is 1. The van der Waals surface area contributed by atoms with Crippen molar-refractivity contribution in [1.82, 2.24) is 4.90 Å². The topological polar surface area (TPSA) is 68.0 Å². The van der Waals surface area contributed by atoms with Gasteiger partial charge in [-0.2, -0.15) is 0 Å². The van der Waals surface area contributed by atoms with Crippen LogP contribution in [0.3, 0.4) is 0 Å². The molecule has 0 aliphatic carbocycles. The minimum absolute atomic E-state index is 0.0787. The molecule has 1 aliphatic heterocycles. The van der Waals surface area contributed by atoms with Crippen LogP contribution in [0.15, 0.2) is 72.7 Å². The van der Waals surface area contributed by atoms with E-state index in [0.29, 0.717) is 18.0 Å². The lowest BCUT2D eigenvalue weighted by Gasteiger charge is -2.29. The number of ether oxygens (including phenoxy) is 2. The first-order chi connectivity index (χ1) is 16.7. The highest BCUT2D eigenvalue weighted by Crippen LogP contribution is 2.32. The molecular formula is C29H37N3O3. The summed E-state index contributed by atoms with van der Waals surface area (Å²) < 4.78 is 11.2. The number of nitrogens with zero attached hydrogens (tertiary/aromatic N) is 2. The van der Waals surface area contributed by atoms with E-state index in [1.165, 1.54) is 0 Å². The fourth-order valence-electron chi connectivity index (χ4n) is 4.14. The number of hydrogen-bond donors (Lipinski definition) is 1. The Bertz CT molecular complexity index is 1110. The molecule has 0 saturated carbocycles. The van der Waals surface area contributed by atoms with Crippen molar-refractivity contribution in [1.29, 1.82) is 0 Å². The summed E-state index contributed by atoms with van der Waals surface area (Å²) in [6.45, 7) is 11.1. The first-order valence-corrected chi connectivity index (χ1v) is 11.9. The average Bonchev–Trinajstić information content (AvgIpc) is 2.85. The Morgan fingerprint density at radius 2 is 1.91 bits per heavy atom. The lowest BCUT2D eigenvalue weighted by Crippen LogP contribution is -2.36. The number of rotatable bonds is 9. The molecule has 0 atom stereocenters. The van der Waals surface area contributed by atoms with E-state index in [-0.39, 0.29) is 11.5 Å². The smallest absolute Gasteiger partial charge is 0.250 e. The highest BCUT2D eigenvalue weighted by atomic mass is 16.5. The third-order valence-corrected chi connectivity index (χ3v) is 6.33. The standard InChI is InChI=1S/C29H37N3O3/c1-7-31(19-21(2)30)26-15-12-23(18-27(26)34-5)17-24-9-8-16-32(28(24)33)20-22-10-13-25(14-11-22)29(3,4)35-6/h7,10-15,17-19H,1,8-9,16,20,30H2,2-6H3/b21-19-,24-17+. The van der Waals surface area contributed by atoms with Crippen LogP contribution < -0.4 is 15.4 Å². The second-order valence-electron chi connectivity index (χ2n) is 9.31. The summed E-state index contributed by atoms with van der Waals surface area (Å²) in [5, 5.41) is 0. The van der Waals surface area contributed by atoms with Gasteiger partial charge in [-0.3, -0.25) is 4.79 Å². The van der Waals surface area contributed by atoms with Crippen LogP contribution in [0, 0.1) is 0 Å². The predicted molar refractivity (Wildman–Crippen MR) is 143 cm³/mol. The number of benzene rings is 2. The molecule has 1 amide bonds. The molecule has 0 spiro atoms. The molecule has 186 valence electrons. The second kappa shape index (κ2) is 11.3. The van der Waals surface area contributed by atoms with Crippen LogP contribution in [0.25, 0.3) is 6.08 Å². The maximum atomic E-state index is 13.3. The van der Waals surface area contributed by atoms with E-state index >= 15 is 0 Å². The predicted octanol–water partition coefficient (Wildman–Crippen LogP) is 5.55. The van der Waals surface area contributed by atoms with E-state index < -0.39 is 0 Å². The summed E-state index contributed by atoms with van der Waals surface area (Å²) in [7, 11) is 3.34. The van der Waals surface area contributed by atoms with E-state index in [1.807, 2.05) is 54.8 Å². The summed E-state index contributed by atoms with van der Waals surface area (Å²) in [4.78, 5) is 17.0. The van der Waals surface area contributed by atoms with E-state index in [1.54, 1.807) is 26.6 Å². The van der Waals surface area contributed by atoms with Crippen molar-refractivity contribution >= 4 is 17.7 Å². The molecule has 2 N–H and O–H groups in total. The Labute approximate surface area is 209 Å². The molecule has 0 aromatic heterocycles. The Hall–Kier alpha value is -3.51. The van der Waals surface area contributed by atoms with Gasteiger partial charge >= 0.3 is 0 Å². The summed E-state index contributed by atoms with van der Waals surface area (Å²) in [5.74, 6) is 0.755. The van der Waals surface area contributed by atoms with Gasteiger partial charge in [-0.1, -0.05) is 36.9 Å². The number of amides is 1. The molecule has 1 saturated heterocycles. The summed E-state index contributed by atoms with van der Waals surface area (Å²) in [5.41, 5.74) is 10.9. The molecule has 2 aromatic carbocycles. The van der Waals surface area contributed by atoms with Crippen molar-refractivity contribution in [2.24, 2.45) is 5.73 Å². The van der Waals surface area contributed by atoms with Crippen molar-refractivity contribution in [3.8, 4) is 5.75 Å². The minimum atomic E-state index is -0.339. The number of nitrogens with two attached hydrogens (primary N) is 1. The van der Waals surface area contributed by atoms with E-state index in [0.717, 1.165) is 47.3 Å². The quantitative estimate of drug-likeness (QED) is 0.482. The molecule has 6 heteroatoms. The van der Waals surface area contributed by atoms with Crippen molar-refractivity contribution in [3.63, 3.8) is 0 Å². The van der Waals surface area contributed by atoms with Crippen molar-refractivity contribution in [2.75, 3.05) is 25.7 Å². The van der Waals surface area contributed by atoms with E-state index in [4.69, 9.17) is 15.2 Å². The van der Waals surface area contributed by atoms with Crippen molar-refractivity contribution in [2.45, 2.75) is 45.8 Å². The maximum absolute atomic E-state index is 13.3. The molecule has 1 fully saturated rings. The van der Waals surface area contributed by atoms with E-state index in [9.17, 15) is 4.79 Å². The molecule has 0 unspecified atom stereocenters. The van der Waals surface area contributed by atoms with Crippen LogP contribution >= 0.6 is 0 Å². The zero-order valence-electron chi connectivity index (χ0n) is 21.5. The molecule has 3 rings (SSSR count). The highest BCUT2D eigenvalue weighted by molar-refractivity contribution is 5.98. The fraction of sp³-hybridized carbons (Fsp3) is 0.345. The number of piperidine rings is 1. The molecule has 1 aliphatic rings. The lowest BCUT2D eigenvalue weighted by atomic mass is 9.96. The Morgan fingerprint density at radius 3 is 2.51 bits per heavy atom. The van der Waals surface area contributed by atoms with Crippen LogP contribution in [-0.2, 0) is 21.7 Å². The number of carbonyl (C=O) groups is 1. The number of carbonyl (C=O) groups excluding carboxylic acids is 1. The average molecular weight is 476 g/mol. The van der Waals surface area contributed by atoms with Gasteiger partial charge in [0, 0.05) is 43.9 Å². The third-order valence-electron chi connectivity index (χ3n) is 6.33. The molecule has 1 heterocycles. The zero-order valence-corrected chi connectivity index (χ0v) is 21.5. The van der Waals surface area contributed by atoms with Gasteiger partial charge in [0.15, 0.2) is 0 Å². The number of likely N-dealkylation sites (tertiary alicyclic amines) is 1. The van der Waals surface area contributed by atoms with Crippen LogP contribution in [0.5, 0.6) is 5.75 Å². The Balaban J connectivity index is 1.79. The number of methoxy groups -OCH3 is 2. The molecule has 35 heavy (non-hydrogen) atoms. The summed E-state index contributed by atoms with van der Waals surface area (Å²) >= 11 is 0. The number of hydrogen-bond acceptors (Lipinski definition) is 5. The van der Waals surface area contributed by atoms with E-state index in [2.05, 4.69) is 30.8 Å². The molecule has 0 radical (unpaired) electrons. The second-order valence-corrected chi connectivity index (χ2v) is 9.31. The Morgan fingerprint density at radius 1 is 1.20 bits per heavy atom. The van der Waals surface area contributed by atoms with Crippen molar-refractivity contribution in [3.05, 3.63) is 89.4 Å². The van der Waals surface area contributed by atoms with Gasteiger partial charge in [-0.25, -0.2) is 0 Å². The summed E-state index contributed by atoms with van der Waals surface area (Å²) in [6, 6.07) is 14.2. The zero-order chi connectivity index (χ0) is 25.6. The first kappa shape index (κ1) is 26.1. The van der Waals surface area contributed by atoms with Gasteiger partial charge in [0.1, 0.15) is 5.75 Å². The first-order valence-electron chi connectivity index (χ1n) is 11.9. The van der Waals surface area contributed by atoms with Gasteiger partial charge < -0.3 is 25.0 Å². The maximum Gasteiger partial charge on any atom is 0.250 e. The van der Waals surface area contributed by atoms with Gasteiger partial charge in [0.05, 0.1) is 18.4 Å². The molecule has 2 aromatic rings. The van der Waals surface area contributed by atoms with Crippen molar-refractivity contribution < 1.29 is 14.3 Å². The SMILES string of the molecule is C=CN(/C=C(/C)N)c1ccc(/C=C2\CCCN(Cc3ccc(C(C)(C)OC)cc3)C2=O)cc1OC. The van der Waals surface area contributed by atoms with Crippen LogP contribution in [0.4, 0.5) is 5.69 Å². The van der Waals surface area contributed by atoms with Crippen LogP contribution in [0.1, 0.15) is 50.3 Å². The Kier molecular flexibility index (Phi) is 8.41. The largest absolute Gasteiger partial charge is 0.495 e. The third kappa shape index (κ3) is 6.34. The van der Waals surface area contributed by atoms with Gasteiger partial charge in [-0.15, -0.1) is 0 Å². The van der Waals surface area contributed by atoms with Crippen LogP contribution in [-0.4, -0.2) is 31.6 Å². The molecule has 0 bridgehead atoms. The fourth-order valence-corrected chi connectivity index (χ4v) is 4.14. The van der Waals surface area contributed by atoms with Crippen LogP contribution in [0.2, 0.25) is 0 Å². The summed E-state index contributed by atoms with van der Waals surface area (Å²) in [6.07, 6.45) is 7.12. The molecule has 6 nitrogen and oxygen atoms in total. The van der Waals surface area contributed by atoms with Gasteiger partial charge in [-0.05, 0) is 68.5 Å². The van der Waals surface area contributed by atoms with Gasteiger partial charge in [0.25, 0.3) is 0 Å².